The second kappa shape index (κ2) is 8.30. The van der Waals surface area contributed by atoms with Crippen molar-refractivity contribution in [2.75, 3.05) is 20.3 Å². The largest absolute Gasteiger partial charge is 0.489 e. The van der Waals surface area contributed by atoms with Crippen LogP contribution in [0.5, 0.6) is 5.75 Å². The quantitative estimate of drug-likeness (QED) is 0.486. The summed E-state index contributed by atoms with van der Waals surface area (Å²) < 4.78 is 39.5. The first-order valence-corrected chi connectivity index (χ1v) is 10.3. The van der Waals surface area contributed by atoms with Crippen molar-refractivity contribution < 1.29 is 33.3 Å². The molecule has 3 heterocycles. The third-order valence-electron chi connectivity index (χ3n) is 6.12. The van der Waals surface area contributed by atoms with E-state index < -0.39 is 40.8 Å². The first kappa shape index (κ1) is 23.5. The number of ether oxygens (including phenoxy) is 2. The summed E-state index contributed by atoms with van der Waals surface area (Å²) in [7, 11) is 1.21. The Hall–Kier alpha value is -3.63. The Bertz CT molecular complexity index is 1360. The molecule has 1 aromatic carbocycles. The zero-order chi connectivity index (χ0) is 24.8. The van der Waals surface area contributed by atoms with E-state index in [1.165, 1.54) is 38.4 Å². The van der Waals surface area contributed by atoms with E-state index in [0.717, 1.165) is 6.07 Å². The van der Waals surface area contributed by atoms with Crippen molar-refractivity contribution in [3.8, 4) is 17.0 Å². The number of pyridine rings is 2. The van der Waals surface area contributed by atoms with Crippen LogP contribution in [-0.2, 0) is 20.5 Å². The molecule has 10 heteroatoms. The monoisotopic (exact) mass is 472 g/mol. The summed E-state index contributed by atoms with van der Waals surface area (Å²) in [5, 5.41) is 21.6. The Morgan fingerprint density at radius 3 is 2.68 bits per heavy atom. The van der Waals surface area contributed by atoms with Gasteiger partial charge in [0.25, 0.3) is 0 Å². The van der Waals surface area contributed by atoms with Crippen LogP contribution in [0.15, 0.2) is 41.3 Å². The number of carbonyl (C=O) groups is 1. The van der Waals surface area contributed by atoms with Crippen LogP contribution >= 0.6 is 0 Å². The van der Waals surface area contributed by atoms with Crippen LogP contribution in [0.4, 0.5) is 8.78 Å². The van der Waals surface area contributed by atoms with Crippen molar-refractivity contribution in [3.05, 3.63) is 80.9 Å². The molecule has 34 heavy (non-hydrogen) atoms. The van der Waals surface area contributed by atoms with Crippen LogP contribution < -0.4 is 10.3 Å². The molecular weight excluding hydrogens is 450 g/mol. The van der Waals surface area contributed by atoms with Gasteiger partial charge in [0, 0.05) is 29.5 Å². The lowest BCUT2D eigenvalue weighted by Crippen LogP contribution is -2.37. The predicted octanol–water partition coefficient (Wildman–Crippen LogP) is 2.07. The standard InChI is InChI=1S/C24H22F2N2O6/c1-12-6-14(17(26)9-16(12)25)20-21-15(23(2,11-34-21)22(31)33-3)8-18(28-20)24(32,10-29)13-4-5-27-19(30)7-13/h4-9,29,32H,10-11H2,1-3H3,(H,27,30)/t23-,24+/m0/s1. The average Bonchev–Trinajstić information content (AvgIpc) is 3.17. The molecule has 0 radical (unpaired) electrons. The SMILES string of the molecule is COC(=O)[C@@]1(C)COc2c1cc([C@@](O)(CO)c1cc[nH]c(=O)c1)nc2-c1cc(C)c(F)cc1F. The fraction of sp³-hybridized carbons (Fsp3) is 0.292. The van der Waals surface area contributed by atoms with Crippen molar-refractivity contribution >= 4 is 5.97 Å². The lowest BCUT2D eigenvalue weighted by atomic mass is 9.81. The molecule has 0 spiro atoms. The number of halogens is 2. The highest BCUT2D eigenvalue weighted by atomic mass is 19.1. The molecule has 1 aliphatic rings. The number of hydrogen-bond donors (Lipinski definition) is 3. The molecule has 2 aromatic heterocycles. The third kappa shape index (κ3) is 3.55. The maximum atomic E-state index is 14.9. The number of aryl methyl sites for hydroxylation is 1. The molecule has 4 rings (SSSR count). The van der Waals surface area contributed by atoms with Gasteiger partial charge in [-0.05, 0) is 43.2 Å². The average molecular weight is 472 g/mol. The number of nitrogens with zero attached hydrogens (tertiary/aromatic N) is 1. The minimum Gasteiger partial charge on any atom is -0.489 e. The number of aromatic nitrogens is 2. The number of nitrogens with one attached hydrogen (secondary N) is 1. The minimum atomic E-state index is -2.19. The summed E-state index contributed by atoms with van der Waals surface area (Å²) in [5.41, 5.74) is -4.07. The van der Waals surface area contributed by atoms with E-state index in [1.54, 1.807) is 6.92 Å². The van der Waals surface area contributed by atoms with Gasteiger partial charge in [0.15, 0.2) is 5.60 Å². The van der Waals surface area contributed by atoms with Gasteiger partial charge < -0.3 is 24.7 Å². The van der Waals surface area contributed by atoms with Gasteiger partial charge in [-0.2, -0.15) is 0 Å². The molecule has 178 valence electrons. The second-order valence-electron chi connectivity index (χ2n) is 8.39. The normalized spacial score (nSPS) is 18.7. The highest BCUT2D eigenvalue weighted by molar-refractivity contribution is 5.87. The molecule has 0 fully saturated rings. The number of aromatic amines is 1. The molecule has 3 N–H and O–H groups in total. The number of hydrogen-bond acceptors (Lipinski definition) is 7. The zero-order valence-electron chi connectivity index (χ0n) is 18.6. The van der Waals surface area contributed by atoms with E-state index in [2.05, 4.69) is 9.97 Å². The number of H-pyrrole nitrogens is 1. The van der Waals surface area contributed by atoms with Crippen molar-refractivity contribution in [1.82, 2.24) is 9.97 Å². The van der Waals surface area contributed by atoms with Crippen molar-refractivity contribution in [2.24, 2.45) is 0 Å². The van der Waals surface area contributed by atoms with Crippen molar-refractivity contribution in [2.45, 2.75) is 24.9 Å². The zero-order valence-corrected chi connectivity index (χ0v) is 18.6. The molecular formula is C24H22F2N2O6. The van der Waals surface area contributed by atoms with Crippen LogP contribution in [0.2, 0.25) is 0 Å². The first-order valence-electron chi connectivity index (χ1n) is 10.3. The van der Waals surface area contributed by atoms with Crippen molar-refractivity contribution in [3.63, 3.8) is 0 Å². The van der Waals surface area contributed by atoms with Crippen molar-refractivity contribution in [1.29, 1.82) is 0 Å². The molecule has 8 nitrogen and oxygen atoms in total. The molecule has 0 aliphatic carbocycles. The molecule has 0 saturated heterocycles. The number of esters is 1. The van der Waals surface area contributed by atoms with Gasteiger partial charge in [-0.15, -0.1) is 0 Å². The topological polar surface area (TPSA) is 122 Å². The molecule has 2 atom stereocenters. The lowest BCUT2D eigenvalue weighted by Gasteiger charge is -2.28. The van der Waals surface area contributed by atoms with E-state index in [-0.39, 0.29) is 46.0 Å². The smallest absolute Gasteiger partial charge is 0.319 e. The highest BCUT2D eigenvalue weighted by Gasteiger charge is 2.48. The van der Waals surface area contributed by atoms with Gasteiger partial charge >= 0.3 is 5.97 Å². The molecule has 3 aromatic rings. The Balaban J connectivity index is 2.06. The van der Waals surface area contributed by atoms with E-state index in [0.29, 0.717) is 6.07 Å². The van der Waals surface area contributed by atoms with Gasteiger partial charge in [-0.3, -0.25) is 9.59 Å². The summed E-state index contributed by atoms with van der Waals surface area (Å²) in [6, 6.07) is 5.76. The van der Waals surface area contributed by atoms with Crippen LogP contribution in [-0.4, -0.2) is 46.5 Å². The number of aliphatic hydroxyl groups excluding tert-OH is 1. The van der Waals surface area contributed by atoms with Crippen LogP contribution in [0.1, 0.15) is 29.3 Å². The number of aliphatic hydroxyl groups is 2. The molecule has 0 bridgehead atoms. The number of rotatable bonds is 5. The second-order valence-corrected chi connectivity index (χ2v) is 8.39. The number of fused-ring (bicyclic) bond motifs is 1. The Labute approximate surface area is 192 Å². The Morgan fingerprint density at radius 2 is 2.03 bits per heavy atom. The Kier molecular flexibility index (Phi) is 5.74. The first-order chi connectivity index (χ1) is 16.0. The van der Waals surface area contributed by atoms with Gasteiger partial charge in [-0.1, -0.05) is 0 Å². The van der Waals surface area contributed by atoms with E-state index >= 15 is 0 Å². The van der Waals surface area contributed by atoms with Crippen LogP contribution in [0, 0.1) is 18.6 Å². The number of methoxy groups -OCH3 is 1. The van der Waals surface area contributed by atoms with Gasteiger partial charge in [0.05, 0.1) is 19.4 Å². The third-order valence-corrected chi connectivity index (χ3v) is 6.12. The summed E-state index contributed by atoms with van der Waals surface area (Å²) in [6.45, 7) is 1.96. The predicted molar refractivity (Wildman–Crippen MR) is 116 cm³/mol. The maximum absolute atomic E-state index is 14.9. The van der Waals surface area contributed by atoms with E-state index in [9.17, 15) is 28.6 Å². The molecule has 0 saturated carbocycles. The van der Waals surface area contributed by atoms with Crippen LogP contribution in [0.3, 0.4) is 0 Å². The Morgan fingerprint density at radius 1 is 1.29 bits per heavy atom. The summed E-state index contributed by atoms with van der Waals surface area (Å²) in [6.07, 6.45) is 1.29. The van der Waals surface area contributed by atoms with Gasteiger partial charge in [0.1, 0.15) is 35.1 Å². The number of carbonyl (C=O) groups excluding carboxylic acids is 1. The van der Waals surface area contributed by atoms with E-state index in [4.69, 9.17) is 9.47 Å². The molecule has 1 aliphatic heterocycles. The minimum absolute atomic E-state index is 0.0200. The summed E-state index contributed by atoms with van der Waals surface area (Å²) in [4.78, 5) is 31.3. The van der Waals surface area contributed by atoms with E-state index in [1.807, 2.05) is 0 Å². The van der Waals surface area contributed by atoms with Gasteiger partial charge in [-0.25, -0.2) is 13.8 Å². The fourth-order valence-corrected chi connectivity index (χ4v) is 4.03. The fourth-order valence-electron chi connectivity index (χ4n) is 4.03. The summed E-state index contributed by atoms with van der Waals surface area (Å²) >= 11 is 0. The van der Waals surface area contributed by atoms with Crippen LogP contribution in [0.25, 0.3) is 11.3 Å². The summed E-state index contributed by atoms with van der Waals surface area (Å²) in [5.74, 6) is -2.28. The molecule has 0 unspecified atom stereocenters. The lowest BCUT2D eigenvalue weighted by molar-refractivity contribution is -0.147. The maximum Gasteiger partial charge on any atom is 0.319 e. The molecule has 0 amide bonds. The highest BCUT2D eigenvalue weighted by Crippen LogP contribution is 2.47. The van der Waals surface area contributed by atoms with Gasteiger partial charge in [0.2, 0.25) is 5.56 Å². The number of benzene rings is 1.